The third kappa shape index (κ3) is 76.8. The molecule has 0 amide bonds. The molecule has 0 aliphatic carbocycles. The lowest BCUT2D eigenvalue weighted by Crippen LogP contribution is -2.30. The van der Waals surface area contributed by atoms with E-state index in [1.54, 1.807) is 0 Å². The van der Waals surface area contributed by atoms with Crippen LogP contribution in [0.2, 0.25) is 0 Å². The molecule has 0 saturated carbocycles. The summed E-state index contributed by atoms with van der Waals surface area (Å²) in [5, 5.41) is 10.7. The van der Waals surface area contributed by atoms with E-state index in [9.17, 15) is 43.2 Å². The first-order valence-electron chi connectivity index (χ1n) is 43.9. The molecular weight excluding hydrogens is 1350 g/mol. The summed E-state index contributed by atoms with van der Waals surface area (Å²) in [7, 11) is -9.93. The highest BCUT2D eigenvalue weighted by Crippen LogP contribution is 2.45. The molecule has 0 rings (SSSR count). The summed E-state index contributed by atoms with van der Waals surface area (Å²) in [5.41, 5.74) is 0. The summed E-state index contributed by atoms with van der Waals surface area (Å²) in [5.74, 6) is 0.276. The van der Waals surface area contributed by atoms with Crippen LogP contribution in [0.15, 0.2) is 0 Å². The fraction of sp³-hybridized carbons (Fsp3) is 0.953. The number of rotatable bonds is 83. The Morgan fingerprint density at radius 2 is 0.490 bits per heavy atom. The number of unbranched alkanes of at least 4 members (excludes halogenated alkanes) is 50. The molecule has 0 spiro atoms. The number of phosphoric acid groups is 2. The van der Waals surface area contributed by atoms with E-state index in [-0.39, 0.29) is 25.7 Å². The molecule has 19 heteroatoms. The minimum Gasteiger partial charge on any atom is -0.462 e. The Hall–Kier alpha value is -1.94. The van der Waals surface area contributed by atoms with Crippen LogP contribution in [0.1, 0.15) is 447 Å². The van der Waals surface area contributed by atoms with E-state index < -0.39 is 97.5 Å². The van der Waals surface area contributed by atoms with E-state index in [0.717, 1.165) is 108 Å². The molecule has 0 aromatic heterocycles. The standard InChI is InChI=1S/C85H166O17P2/c1-8-10-11-12-13-14-15-16-17-23-26-29-38-45-52-59-66-82(87)95-72-80(101-84(89)68-61-54-47-40-30-27-24-21-19-18-20-22-25-28-37-44-51-58-65-78(7)9-2)74-99-103(91,92)97-70-79(86)71-98-104(93,94)100-75-81(102-85(90)69-62-55-48-41-34-32-36-43-50-57-64-77(5)6)73-96-83(88)67-60-53-46-39-33-31-35-42-49-56-63-76(3)4/h76-81,86H,8-75H2,1-7H3,(H,91,92)(H,93,94)/t78?,79-,80-,81-/m1/s1. The van der Waals surface area contributed by atoms with Crippen LogP contribution in [0.3, 0.4) is 0 Å². The van der Waals surface area contributed by atoms with Crippen molar-refractivity contribution in [2.24, 2.45) is 17.8 Å². The van der Waals surface area contributed by atoms with Crippen molar-refractivity contribution in [2.45, 2.75) is 465 Å². The first-order chi connectivity index (χ1) is 50.3. The molecule has 104 heavy (non-hydrogen) atoms. The highest BCUT2D eigenvalue weighted by Gasteiger charge is 2.30. The summed E-state index contributed by atoms with van der Waals surface area (Å²) < 4.78 is 68.9. The molecule has 3 N–H and O–H groups in total. The second-order valence-electron chi connectivity index (χ2n) is 31.8. The third-order valence-electron chi connectivity index (χ3n) is 20.2. The van der Waals surface area contributed by atoms with Gasteiger partial charge in [0.25, 0.3) is 0 Å². The molecule has 0 bridgehead atoms. The van der Waals surface area contributed by atoms with E-state index >= 15 is 0 Å². The number of phosphoric ester groups is 2. The van der Waals surface area contributed by atoms with Crippen LogP contribution in [0.25, 0.3) is 0 Å². The molecule has 0 saturated heterocycles. The molecule has 0 radical (unpaired) electrons. The lowest BCUT2D eigenvalue weighted by Gasteiger charge is -2.21. The van der Waals surface area contributed by atoms with Gasteiger partial charge in [-0.1, -0.05) is 395 Å². The molecule has 0 heterocycles. The number of aliphatic hydroxyl groups excluding tert-OH is 1. The zero-order valence-electron chi connectivity index (χ0n) is 68.5. The average molecular weight is 1520 g/mol. The van der Waals surface area contributed by atoms with Crippen LogP contribution in [0.5, 0.6) is 0 Å². The number of carbonyl (C=O) groups is 4. The lowest BCUT2D eigenvalue weighted by atomic mass is 9.99. The van der Waals surface area contributed by atoms with Crippen molar-refractivity contribution >= 4 is 39.5 Å². The Morgan fingerprint density at radius 1 is 0.279 bits per heavy atom. The fourth-order valence-electron chi connectivity index (χ4n) is 13.2. The summed E-state index contributed by atoms with van der Waals surface area (Å²) >= 11 is 0. The van der Waals surface area contributed by atoms with E-state index in [1.807, 2.05) is 0 Å². The summed E-state index contributed by atoms with van der Waals surface area (Å²) in [6, 6.07) is 0. The summed E-state index contributed by atoms with van der Waals surface area (Å²) in [6.45, 7) is 12.0. The van der Waals surface area contributed by atoms with Crippen molar-refractivity contribution in [2.75, 3.05) is 39.6 Å². The Balaban J connectivity index is 5.24. The Bertz CT molecular complexity index is 2010. The molecule has 6 atom stereocenters. The van der Waals surface area contributed by atoms with E-state index in [2.05, 4.69) is 48.5 Å². The first kappa shape index (κ1) is 102. The predicted molar refractivity (Wildman–Crippen MR) is 428 cm³/mol. The fourth-order valence-corrected chi connectivity index (χ4v) is 14.7. The van der Waals surface area contributed by atoms with Gasteiger partial charge in [0.05, 0.1) is 26.4 Å². The summed E-state index contributed by atoms with van der Waals surface area (Å²) in [6.07, 6.45) is 65.2. The van der Waals surface area contributed by atoms with Crippen LogP contribution in [-0.2, 0) is 65.4 Å². The van der Waals surface area contributed by atoms with Gasteiger partial charge in [-0.3, -0.25) is 37.3 Å². The first-order valence-corrected chi connectivity index (χ1v) is 46.9. The third-order valence-corrected chi connectivity index (χ3v) is 22.1. The van der Waals surface area contributed by atoms with E-state index in [1.165, 1.54) is 257 Å². The molecule has 0 fully saturated rings. The second kappa shape index (κ2) is 75.1. The van der Waals surface area contributed by atoms with Gasteiger partial charge in [0.2, 0.25) is 0 Å². The molecule has 0 aliphatic heterocycles. The minimum absolute atomic E-state index is 0.106. The zero-order valence-corrected chi connectivity index (χ0v) is 70.3. The van der Waals surface area contributed by atoms with Gasteiger partial charge in [-0.25, -0.2) is 9.13 Å². The highest BCUT2D eigenvalue weighted by atomic mass is 31.2. The smallest absolute Gasteiger partial charge is 0.462 e. The van der Waals surface area contributed by atoms with Crippen molar-refractivity contribution < 1.29 is 80.2 Å². The van der Waals surface area contributed by atoms with Crippen molar-refractivity contribution in [3.8, 4) is 0 Å². The Morgan fingerprint density at radius 3 is 0.731 bits per heavy atom. The van der Waals surface area contributed by atoms with Gasteiger partial charge >= 0.3 is 39.5 Å². The second-order valence-corrected chi connectivity index (χ2v) is 34.7. The van der Waals surface area contributed by atoms with Gasteiger partial charge in [0, 0.05) is 25.7 Å². The van der Waals surface area contributed by atoms with Gasteiger partial charge in [-0.2, -0.15) is 0 Å². The van der Waals surface area contributed by atoms with Crippen LogP contribution in [0, 0.1) is 17.8 Å². The molecule has 618 valence electrons. The number of hydrogen-bond acceptors (Lipinski definition) is 15. The van der Waals surface area contributed by atoms with E-state index in [4.69, 9.17) is 37.0 Å². The van der Waals surface area contributed by atoms with Gasteiger partial charge in [-0.05, 0) is 43.4 Å². The maximum atomic E-state index is 13.1. The number of esters is 4. The van der Waals surface area contributed by atoms with E-state index in [0.29, 0.717) is 25.7 Å². The van der Waals surface area contributed by atoms with Gasteiger partial charge in [0.1, 0.15) is 19.3 Å². The lowest BCUT2D eigenvalue weighted by molar-refractivity contribution is -0.161. The normalized spacial score (nSPS) is 14.2. The highest BCUT2D eigenvalue weighted by molar-refractivity contribution is 7.47. The molecule has 0 aromatic carbocycles. The monoisotopic (exact) mass is 1520 g/mol. The van der Waals surface area contributed by atoms with Crippen molar-refractivity contribution in [1.29, 1.82) is 0 Å². The molecule has 0 aromatic rings. The van der Waals surface area contributed by atoms with Crippen LogP contribution < -0.4 is 0 Å². The number of carbonyl (C=O) groups excluding carboxylic acids is 4. The Labute approximate surface area is 638 Å². The maximum absolute atomic E-state index is 13.1. The quantitative estimate of drug-likeness (QED) is 0.0222. The van der Waals surface area contributed by atoms with Crippen molar-refractivity contribution in [1.82, 2.24) is 0 Å². The number of ether oxygens (including phenoxy) is 4. The van der Waals surface area contributed by atoms with Crippen molar-refractivity contribution in [3.63, 3.8) is 0 Å². The molecule has 17 nitrogen and oxygen atoms in total. The molecule has 3 unspecified atom stereocenters. The van der Waals surface area contributed by atoms with Gasteiger partial charge < -0.3 is 33.8 Å². The van der Waals surface area contributed by atoms with Crippen LogP contribution in [0.4, 0.5) is 0 Å². The minimum atomic E-state index is -4.97. The van der Waals surface area contributed by atoms with Crippen LogP contribution in [-0.4, -0.2) is 96.7 Å². The summed E-state index contributed by atoms with van der Waals surface area (Å²) in [4.78, 5) is 73.2. The molecular formula is C85H166O17P2. The Kier molecular flexibility index (Phi) is 73.7. The topological polar surface area (TPSA) is 237 Å². The average Bonchev–Trinajstić information content (AvgIpc) is 0.943. The maximum Gasteiger partial charge on any atom is 0.472 e. The number of aliphatic hydroxyl groups is 1. The van der Waals surface area contributed by atoms with Crippen molar-refractivity contribution in [3.05, 3.63) is 0 Å². The number of hydrogen-bond donors (Lipinski definition) is 3. The molecule has 0 aliphatic rings. The van der Waals surface area contributed by atoms with Crippen LogP contribution >= 0.6 is 15.6 Å². The largest absolute Gasteiger partial charge is 0.472 e. The zero-order chi connectivity index (χ0) is 76.5. The van der Waals surface area contributed by atoms with Gasteiger partial charge in [-0.15, -0.1) is 0 Å². The predicted octanol–water partition coefficient (Wildman–Crippen LogP) is 25.7. The SMILES string of the molecule is CCCCCCCCCCCCCCCCCCC(=O)OC[C@H](COP(=O)(O)OC[C@@H](O)COP(=O)(O)OC[C@@H](COC(=O)CCCCCCCCCCCCC(C)C)OC(=O)CCCCCCCCCCCCC(C)C)OC(=O)CCCCCCCCCCCCCCCCCCCCC(C)CC. The van der Waals surface area contributed by atoms with Gasteiger partial charge in [0.15, 0.2) is 12.2 Å².